The Hall–Kier alpha value is -3.32. The molecule has 0 fully saturated rings. The summed E-state index contributed by atoms with van der Waals surface area (Å²) in [6.07, 6.45) is 3.90. The number of carbonyl (C=O) groups is 1. The van der Waals surface area contributed by atoms with Crippen molar-refractivity contribution in [3.05, 3.63) is 82.2 Å². The Bertz CT molecular complexity index is 1120. The number of nitrogens with two attached hydrogens (primary N) is 1. The Morgan fingerprint density at radius 2 is 1.93 bits per heavy atom. The number of aryl methyl sites for hydroxylation is 1. The van der Waals surface area contributed by atoms with Crippen LogP contribution in [-0.2, 0) is 12.8 Å². The largest absolute Gasteiger partial charge is 0.366 e. The summed E-state index contributed by atoms with van der Waals surface area (Å²) in [6.45, 7) is 4.16. The lowest BCUT2D eigenvalue weighted by molar-refractivity contribution is 0.1000. The SMILES string of the molecule is CCCc1c(-c2ccc(C#N)cc2)c(C(N)=O)c(C)n1C1CCc2ccccc21. The molecule has 1 atom stereocenters. The lowest BCUT2D eigenvalue weighted by Crippen LogP contribution is -2.15. The number of hydrogen-bond donors (Lipinski definition) is 1. The molecule has 1 aliphatic rings. The molecular weight excluding hydrogens is 358 g/mol. The number of aromatic nitrogens is 1. The standard InChI is InChI=1S/C25H25N3O/c1-3-6-22-24(19-11-9-17(15-26)10-12-19)23(25(27)29)16(2)28(22)21-14-13-18-7-4-5-8-20(18)21/h4-5,7-12,21H,3,6,13-14H2,1-2H3,(H2,27,29). The van der Waals surface area contributed by atoms with E-state index in [1.807, 2.05) is 19.1 Å². The van der Waals surface area contributed by atoms with Crippen molar-refractivity contribution < 1.29 is 4.79 Å². The van der Waals surface area contributed by atoms with Crippen molar-refractivity contribution in [3.63, 3.8) is 0 Å². The number of nitriles is 1. The average molecular weight is 383 g/mol. The number of benzene rings is 2. The van der Waals surface area contributed by atoms with Crippen molar-refractivity contribution in [2.75, 3.05) is 0 Å². The third-order valence-corrected chi connectivity index (χ3v) is 6.00. The zero-order valence-corrected chi connectivity index (χ0v) is 16.9. The second kappa shape index (κ2) is 7.60. The van der Waals surface area contributed by atoms with Crippen LogP contribution in [0.1, 0.15) is 64.2 Å². The van der Waals surface area contributed by atoms with Gasteiger partial charge in [0.2, 0.25) is 0 Å². The Morgan fingerprint density at radius 1 is 1.21 bits per heavy atom. The molecule has 2 N–H and O–H groups in total. The molecule has 3 aromatic rings. The third-order valence-electron chi connectivity index (χ3n) is 6.00. The van der Waals surface area contributed by atoms with Crippen LogP contribution in [0.5, 0.6) is 0 Å². The van der Waals surface area contributed by atoms with Crippen LogP contribution in [0.4, 0.5) is 0 Å². The molecule has 0 spiro atoms. The van der Waals surface area contributed by atoms with Crippen LogP contribution in [0.3, 0.4) is 0 Å². The van der Waals surface area contributed by atoms with Gasteiger partial charge >= 0.3 is 0 Å². The van der Waals surface area contributed by atoms with Crippen LogP contribution in [-0.4, -0.2) is 10.5 Å². The maximum Gasteiger partial charge on any atom is 0.251 e. The molecular formula is C25H25N3O. The molecule has 4 heteroatoms. The molecule has 0 bridgehead atoms. The number of carbonyl (C=O) groups excluding carboxylic acids is 1. The predicted octanol–water partition coefficient (Wildman–Crippen LogP) is 4.92. The summed E-state index contributed by atoms with van der Waals surface area (Å²) in [4.78, 5) is 12.5. The van der Waals surface area contributed by atoms with Crippen molar-refractivity contribution in [2.24, 2.45) is 5.73 Å². The number of amides is 1. The summed E-state index contributed by atoms with van der Waals surface area (Å²) >= 11 is 0. The number of rotatable bonds is 5. The fourth-order valence-corrected chi connectivity index (χ4v) is 4.80. The van der Waals surface area contributed by atoms with Gasteiger partial charge in [0.05, 0.1) is 23.2 Å². The highest BCUT2D eigenvalue weighted by atomic mass is 16.1. The Labute approximate surface area is 171 Å². The van der Waals surface area contributed by atoms with Crippen molar-refractivity contribution in [2.45, 2.75) is 45.6 Å². The highest BCUT2D eigenvalue weighted by molar-refractivity contribution is 6.02. The van der Waals surface area contributed by atoms with Crippen molar-refractivity contribution >= 4 is 5.91 Å². The minimum atomic E-state index is -0.399. The normalized spacial score (nSPS) is 15.1. The summed E-state index contributed by atoms with van der Waals surface area (Å²) in [6, 6.07) is 18.4. The van der Waals surface area contributed by atoms with Gasteiger partial charge < -0.3 is 10.3 Å². The lowest BCUT2D eigenvalue weighted by atomic mass is 9.97. The van der Waals surface area contributed by atoms with Gasteiger partial charge in [-0.05, 0) is 55.0 Å². The number of primary amides is 1. The van der Waals surface area contributed by atoms with Crippen molar-refractivity contribution in [1.82, 2.24) is 4.57 Å². The van der Waals surface area contributed by atoms with Gasteiger partial charge in [-0.25, -0.2) is 0 Å². The zero-order chi connectivity index (χ0) is 20.5. The fourth-order valence-electron chi connectivity index (χ4n) is 4.80. The first-order valence-corrected chi connectivity index (χ1v) is 10.2. The summed E-state index contributed by atoms with van der Waals surface area (Å²) in [5, 5.41) is 9.14. The van der Waals surface area contributed by atoms with Crippen LogP contribution < -0.4 is 5.73 Å². The summed E-state index contributed by atoms with van der Waals surface area (Å²) < 4.78 is 2.35. The molecule has 1 amide bonds. The van der Waals surface area contributed by atoms with E-state index >= 15 is 0 Å². The van der Waals surface area contributed by atoms with Crippen molar-refractivity contribution in [3.8, 4) is 17.2 Å². The summed E-state index contributed by atoms with van der Waals surface area (Å²) in [5.74, 6) is -0.399. The first kappa shape index (κ1) is 19.0. The highest BCUT2D eigenvalue weighted by Gasteiger charge is 2.31. The Kier molecular flexibility index (Phi) is 4.98. The predicted molar refractivity (Wildman–Crippen MR) is 115 cm³/mol. The quantitative estimate of drug-likeness (QED) is 0.679. The smallest absolute Gasteiger partial charge is 0.251 e. The summed E-state index contributed by atoms with van der Waals surface area (Å²) in [5.41, 5.74) is 13.8. The number of nitrogens with zero attached hydrogens (tertiary/aromatic N) is 2. The van der Waals surface area contributed by atoms with Gasteiger partial charge in [-0.2, -0.15) is 5.26 Å². The maximum atomic E-state index is 12.5. The molecule has 0 radical (unpaired) electrons. The first-order valence-electron chi connectivity index (χ1n) is 10.2. The Morgan fingerprint density at radius 3 is 2.59 bits per heavy atom. The fraction of sp³-hybridized carbons (Fsp3) is 0.280. The van der Waals surface area contributed by atoms with E-state index < -0.39 is 5.91 Å². The molecule has 4 rings (SSSR count). The molecule has 1 aromatic heterocycles. The van der Waals surface area contributed by atoms with Crippen LogP contribution in [0.15, 0.2) is 48.5 Å². The molecule has 2 aromatic carbocycles. The molecule has 0 saturated carbocycles. The van der Waals surface area contributed by atoms with Gasteiger partial charge in [-0.15, -0.1) is 0 Å². The third kappa shape index (κ3) is 3.13. The minimum absolute atomic E-state index is 0.220. The van der Waals surface area contributed by atoms with Gasteiger partial charge in [0.1, 0.15) is 0 Å². The molecule has 4 nitrogen and oxygen atoms in total. The van der Waals surface area contributed by atoms with Crippen LogP contribution in [0, 0.1) is 18.3 Å². The molecule has 146 valence electrons. The van der Waals surface area contributed by atoms with E-state index in [2.05, 4.69) is 41.8 Å². The van der Waals surface area contributed by atoms with E-state index in [4.69, 9.17) is 11.0 Å². The van der Waals surface area contributed by atoms with Gasteiger partial charge in [-0.1, -0.05) is 49.7 Å². The van der Waals surface area contributed by atoms with Crippen LogP contribution in [0.25, 0.3) is 11.1 Å². The van der Waals surface area contributed by atoms with Gasteiger partial charge in [0.15, 0.2) is 0 Å². The first-order chi connectivity index (χ1) is 14.1. The zero-order valence-electron chi connectivity index (χ0n) is 16.9. The van der Waals surface area contributed by atoms with Crippen LogP contribution in [0.2, 0.25) is 0 Å². The molecule has 1 aliphatic carbocycles. The van der Waals surface area contributed by atoms with Crippen LogP contribution >= 0.6 is 0 Å². The van der Waals surface area contributed by atoms with Gasteiger partial charge in [0.25, 0.3) is 5.91 Å². The second-order valence-corrected chi connectivity index (χ2v) is 7.71. The monoisotopic (exact) mass is 383 g/mol. The highest BCUT2D eigenvalue weighted by Crippen LogP contribution is 2.41. The molecule has 29 heavy (non-hydrogen) atoms. The second-order valence-electron chi connectivity index (χ2n) is 7.71. The minimum Gasteiger partial charge on any atom is -0.366 e. The van der Waals surface area contributed by atoms with E-state index in [1.54, 1.807) is 12.1 Å². The Balaban J connectivity index is 1.97. The van der Waals surface area contributed by atoms with E-state index in [1.165, 1.54) is 11.1 Å². The molecule has 1 heterocycles. The lowest BCUT2D eigenvalue weighted by Gasteiger charge is -2.21. The van der Waals surface area contributed by atoms with E-state index in [9.17, 15) is 4.79 Å². The summed E-state index contributed by atoms with van der Waals surface area (Å²) in [7, 11) is 0. The molecule has 1 unspecified atom stereocenters. The average Bonchev–Trinajstić information content (AvgIpc) is 3.27. The molecule has 0 aliphatic heterocycles. The molecule has 0 saturated heterocycles. The number of hydrogen-bond acceptors (Lipinski definition) is 2. The maximum absolute atomic E-state index is 12.5. The van der Waals surface area contributed by atoms with E-state index in [-0.39, 0.29) is 6.04 Å². The number of fused-ring (bicyclic) bond motifs is 1. The van der Waals surface area contributed by atoms with Gasteiger partial charge in [-0.3, -0.25) is 4.79 Å². The van der Waals surface area contributed by atoms with Crippen molar-refractivity contribution in [1.29, 1.82) is 5.26 Å². The topological polar surface area (TPSA) is 71.8 Å². The van der Waals surface area contributed by atoms with E-state index in [0.29, 0.717) is 11.1 Å². The van der Waals surface area contributed by atoms with Gasteiger partial charge in [0, 0.05) is 17.0 Å². The van der Waals surface area contributed by atoms with E-state index in [0.717, 1.165) is 48.2 Å².